The van der Waals surface area contributed by atoms with Gasteiger partial charge in [0, 0.05) is 31.7 Å². The molecule has 0 aliphatic heterocycles. The summed E-state index contributed by atoms with van der Waals surface area (Å²) in [5.41, 5.74) is 3.63. The lowest BCUT2D eigenvalue weighted by Crippen LogP contribution is -2.26. The van der Waals surface area contributed by atoms with E-state index in [4.69, 9.17) is 4.74 Å². The van der Waals surface area contributed by atoms with E-state index >= 15 is 0 Å². The molecule has 0 fully saturated rings. The van der Waals surface area contributed by atoms with E-state index < -0.39 is 0 Å². The molecule has 26 heavy (non-hydrogen) atoms. The highest BCUT2D eigenvalue weighted by molar-refractivity contribution is 6.06. The molecular formula is C21H23ClN2O2. The average molecular weight is 371 g/mol. The molecule has 4 nitrogen and oxygen atoms in total. The van der Waals surface area contributed by atoms with Crippen molar-refractivity contribution in [3.63, 3.8) is 0 Å². The van der Waals surface area contributed by atoms with Crippen LogP contribution in [-0.2, 0) is 13.7 Å². The Morgan fingerprint density at radius 3 is 2.27 bits per heavy atom. The van der Waals surface area contributed by atoms with Crippen molar-refractivity contribution in [2.75, 3.05) is 11.9 Å². The van der Waals surface area contributed by atoms with Gasteiger partial charge in [0.2, 0.25) is 0 Å². The molecule has 2 aromatic carbocycles. The normalized spacial score (nSPS) is 10.1. The van der Waals surface area contributed by atoms with Crippen molar-refractivity contribution >= 4 is 24.0 Å². The van der Waals surface area contributed by atoms with Crippen LogP contribution in [-0.4, -0.2) is 17.5 Å². The molecule has 0 aliphatic carbocycles. The van der Waals surface area contributed by atoms with E-state index in [0.29, 0.717) is 6.61 Å². The Morgan fingerprint density at radius 1 is 1.04 bits per heavy atom. The van der Waals surface area contributed by atoms with Gasteiger partial charge in [-0.05, 0) is 42.8 Å². The molecule has 0 aliphatic rings. The van der Waals surface area contributed by atoms with Crippen molar-refractivity contribution in [1.29, 1.82) is 0 Å². The second-order valence-electron chi connectivity index (χ2n) is 6.06. The van der Waals surface area contributed by atoms with Crippen LogP contribution in [0.25, 0.3) is 0 Å². The summed E-state index contributed by atoms with van der Waals surface area (Å²) in [4.78, 5) is 14.3. The number of halogens is 1. The van der Waals surface area contributed by atoms with Crippen LogP contribution in [0, 0.1) is 6.92 Å². The number of amides is 1. The molecule has 0 saturated carbocycles. The van der Waals surface area contributed by atoms with Gasteiger partial charge in [0.15, 0.2) is 0 Å². The Kier molecular flexibility index (Phi) is 6.47. The number of anilines is 1. The predicted molar refractivity (Wildman–Crippen MR) is 107 cm³/mol. The molecule has 136 valence electrons. The summed E-state index contributed by atoms with van der Waals surface area (Å²) in [6, 6.07) is 19.5. The van der Waals surface area contributed by atoms with E-state index in [2.05, 4.69) is 0 Å². The lowest BCUT2D eigenvalue weighted by Gasteiger charge is -2.18. The quantitative estimate of drug-likeness (QED) is 0.657. The Bertz CT molecular complexity index is 857. The lowest BCUT2D eigenvalue weighted by molar-refractivity contribution is 0.0992. The molecule has 1 amide bonds. The Balaban J connectivity index is 0.00000243. The third kappa shape index (κ3) is 4.27. The minimum atomic E-state index is -0.0175. The van der Waals surface area contributed by atoms with E-state index in [-0.39, 0.29) is 18.3 Å². The lowest BCUT2D eigenvalue weighted by atomic mass is 10.2. The molecule has 1 aromatic heterocycles. The van der Waals surface area contributed by atoms with Gasteiger partial charge in [-0.3, -0.25) is 4.79 Å². The Labute approximate surface area is 160 Å². The number of ether oxygens (including phenoxy) is 1. The van der Waals surface area contributed by atoms with Crippen LogP contribution < -0.4 is 9.64 Å². The molecule has 0 saturated heterocycles. The third-order valence-corrected chi connectivity index (χ3v) is 4.39. The van der Waals surface area contributed by atoms with E-state index in [9.17, 15) is 4.79 Å². The van der Waals surface area contributed by atoms with Crippen molar-refractivity contribution < 1.29 is 9.53 Å². The van der Waals surface area contributed by atoms with Gasteiger partial charge in [-0.25, -0.2) is 0 Å². The molecule has 0 atom stereocenters. The summed E-state index contributed by atoms with van der Waals surface area (Å²) >= 11 is 0. The maximum Gasteiger partial charge on any atom is 0.259 e. The smallest absolute Gasteiger partial charge is 0.259 e. The van der Waals surface area contributed by atoms with Gasteiger partial charge in [0.05, 0.1) is 5.56 Å². The van der Waals surface area contributed by atoms with Crippen molar-refractivity contribution in [1.82, 2.24) is 4.57 Å². The van der Waals surface area contributed by atoms with Crippen LogP contribution in [0.1, 0.15) is 21.6 Å². The third-order valence-electron chi connectivity index (χ3n) is 4.39. The van der Waals surface area contributed by atoms with Crippen LogP contribution in [0.4, 0.5) is 5.69 Å². The number of hydrogen-bond acceptors (Lipinski definition) is 2. The largest absolute Gasteiger partial charge is 0.489 e. The number of carbonyl (C=O) groups excluding carboxylic acids is 1. The van der Waals surface area contributed by atoms with Crippen LogP contribution in [0.2, 0.25) is 0 Å². The monoisotopic (exact) mass is 370 g/mol. The molecule has 0 radical (unpaired) electrons. The van der Waals surface area contributed by atoms with Gasteiger partial charge < -0.3 is 14.2 Å². The topological polar surface area (TPSA) is 34.5 Å². The molecular weight excluding hydrogens is 348 g/mol. The number of rotatable bonds is 5. The minimum Gasteiger partial charge on any atom is -0.489 e. The van der Waals surface area contributed by atoms with Gasteiger partial charge in [-0.2, -0.15) is 0 Å². The molecule has 0 N–H and O–H groups in total. The van der Waals surface area contributed by atoms with Crippen LogP contribution in [0.3, 0.4) is 0 Å². The maximum atomic E-state index is 12.7. The van der Waals surface area contributed by atoms with Crippen molar-refractivity contribution in [3.8, 4) is 5.75 Å². The first-order valence-electron chi connectivity index (χ1n) is 8.23. The van der Waals surface area contributed by atoms with E-state index in [0.717, 1.165) is 28.3 Å². The number of hydrogen-bond donors (Lipinski definition) is 0. The molecule has 0 unspecified atom stereocenters. The second-order valence-corrected chi connectivity index (χ2v) is 6.06. The van der Waals surface area contributed by atoms with Crippen molar-refractivity contribution in [2.24, 2.45) is 7.05 Å². The summed E-state index contributed by atoms with van der Waals surface area (Å²) < 4.78 is 7.73. The Morgan fingerprint density at radius 2 is 1.69 bits per heavy atom. The summed E-state index contributed by atoms with van der Waals surface area (Å²) in [5.74, 6) is 0.764. The molecule has 5 heteroatoms. The molecule has 0 bridgehead atoms. The first kappa shape index (κ1) is 19.6. The van der Waals surface area contributed by atoms with Gasteiger partial charge in [0.1, 0.15) is 12.4 Å². The molecule has 3 rings (SSSR count). The number of benzene rings is 2. The van der Waals surface area contributed by atoms with Crippen molar-refractivity contribution in [2.45, 2.75) is 13.5 Å². The summed E-state index contributed by atoms with van der Waals surface area (Å²) in [5, 5.41) is 0. The van der Waals surface area contributed by atoms with Crippen LogP contribution in [0.5, 0.6) is 5.75 Å². The van der Waals surface area contributed by atoms with Gasteiger partial charge in [-0.15, -0.1) is 12.4 Å². The minimum absolute atomic E-state index is 0. The SMILES string of the molecule is Cc1c(C(=O)N(C)c2ccc(OCc3ccccc3)cc2)ccn1C.Cl. The number of aromatic nitrogens is 1. The van der Waals surface area contributed by atoms with Gasteiger partial charge in [-0.1, -0.05) is 30.3 Å². The zero-order valence-corrected chi connectivity index (χ0v) is 16.0. The standard InChI is InChI=1S/C21H22N2O2.ClH/c1-16-20(13-14-22(16)2)21(24)23(3)18-9-11-19(12-10-18)25-15-17-7-5-4-6-8-17;/h4-14H,15H2,1-3H3;1H. The van der Waals surface area contributed by atoms with Crippen molar-refractivity contribution in [3.05, 3.63) is 83.7 Å². The molecule has 0 spiro atoms. The summed E-state index contributed by atoms with van der Waals surface area (Å²) in [6.45, 7) is 2.47. The zero-order valence-electron chi connectivity index (χ0n) is 15.2. The van der Waals surface area contributed by atoms with E-state index in [1.54, 1.807) is 11.9 Å². The highest BCUT2D eigenvalue weighted by Gasteiger charge is 2.17. The molecule has 3 aromatic rings. The predicted octanol–water partition coefficient (Wildman–Crippen LogP) is 4.61. The fourth-order valence-corrected chi connectivity index (χ4v) is 2.64. The fraction of sp³-hybridized carbons (Fsp3) is 0.190. The number of carbonyl (C=O) groups is 1. The van der Waals surface area contributed by atoms with Gasteiger partial charge >= 0.3 is 0 Å². The first-order chi connectivity index (χ1) is 12.1. The average Bonchev–Trinajstić information content (AvgIpc) is 2.99. The molecule has 1 heterocycles. The van der Waals surface area contributed by atoms with Crippen LogP contribution >= 0.6 is 12.4 Å². The summed E-state index contributed by atoms with van der Waals surface area (Å²) in [7, 11) is 3.72. The number of nitrogens with zero attached hydrogens (tertiary/aromatic N) is 2. The second kappa shape index (κ2) is 8.59. The highest BCUT2D eigenvalue weighted by Crippen LogP contribution is 2.22. The van der Waals surface area contributed by atoms with E-state index in [1.807, 2.05) is 85.4 Å². The maximum absolute atomic E-state index is 12.7. The number of aryl methyl sites for hydroxylation is 1. The zero-order chi connectivity index (χ0) is 17.8. The van der Waals surface area contributed by atoms with Gasteiger partial charge in [0.25, 0.3) is 5.91 Å². The highest BCUT2D eigenvalue weighted by atomic mass is 35.5. The Hall–Kier alpha value is -2.72. The van der Waals surface area contributed by atoms with E-state index in [1.165, 1.54) is 0 Å². The van der Waals surface area contributed by atoms with Crippen LogP contribution in [0.15, 0.2) is 66.9 Å². The first-order valence-corrected chi connectivity index (χ1v) is 8.23. The summed E-state index contributed by atoms with van der Waals surface area (Å²) in [6.07, 6.45) is 1.90. The fourth-order valence-electron chi connectivity index (χ4n) is 2.64.